The minimum absolute atomic E-state index is 0.0998. The Morgan fingerprint density at radius 2 is 1.62 bits per heavy atom. The number of aryl methyl sites for hydroxylation is 2. The van der Waals surface area contributed by atoms with E-state index >= 15 is 0 Å². The van der Waals surface area contributed by atoms with Crippen LogP contribution in [0.25, 0.3) is 11.0 Å². The molecule has 0 spiro atoms. The van der Waals surface area contributed by atoms with Crippen molar-refractivity contribution in [3.8, 4) is 11.5 Å². The zero-order valence-corrected chi connectivity index (χ0v) is 21.7. The van der Waals surface area contributed by atoms with E-state index < -0.39 is 6.04 Å². The summed E-state index contributed by atoms with van der Waals surface area (Å²) in [5.41, 5.74) is 4.42. The van der Waals surface area contributed by atoms with Crippen molar-refractivity contribution in [3.63, 3.8) is 0 Å². The molecule has 4 aromatic rings. The molecule has 1 amide bonds. The van der Waals surface area contributed by atoms with Crippen molar-refractivity contribution in [1.29, 1.82) is 0 Å². The van der Waals surface area contributed by atoms with Crippen LogP contribution in [0.4, 0.5) is 0 Å². The standard InChI is InChI=1S/C31H31NO5/c1-5-15-36-25-14-12-22(17-26(25)35-6-2)28-27-29(33)23-16-20(4)9-13-24(23)37-30(27)31(34)32(28)18-21-10-7-19(3)8-11-21/h7-14,16-17,28H,5-6,15,18H2,1-4H3. The average molecular weight is 498 g/mol. The van der Waals surface area contributed by atoms with Crippen LogP contribution in [0.1, 0.15) is 64.7 Å². The first kappa shape index (κ1) is 24.6. The van der Waals surface area contributed by atoms with Crippen LogP contribution in [0.2, 0.25) is 0 Å². The van der Waals surface area contributed by atoms with Gasteiger partial charge in [-0.25, -0.2) is 0 Å². The fraction of sp³-hybridized carbons (Fsp3) is 0.290. The summed E-state index contributed by atoms with van der Waals surface area (Å²) in [6, 6.07) is 18.5. The molecule has 0 bridgehead atoms. The molecule has 0 radical (unpaired) electrons. The number of rotatable bonds is 8. The second-order valence-electron chi connectivity index (χ2n) is 9.48. The van der Waals surface area contributed by atoms with Gasteiger partial charge in [0.05, 0.1) is 30.2 Å². The molecule has 3 aromatic carbocycles. The molecule has 0 fully saturated rings. The molecule has 6 heteroatoms. The number of hydrogen-bond donors (Lipinski definition) is 0. The van der Waals surface area contributed by atoms with Crippen molar-refractivity contribution >= 4 is 16.9 Å². The van der Waals surface area contributed by atoms with Gasteiger partial charge in [-0.2, -0.15) is 0 Å². The summed E-state index contributed by atoms with van der Waals surface area (Å²) in [5.74, 6) is 1.03. The number of benzene rings is 3. The lowest BCUT2D eigenvalue weighted by molar-refractivity contribution is 0.0714. The van der Waals surface area contributed by atoms with Gasteiger partial charge in [-0.15, -0.1) is 0 Å². The van der Waals surface area contributed by atoms with E-state index in [2.05, 4.69) is 0 Å². The zero-order chi connectivity index (χ0) is 26.1. The average Bonchev–Trinajstić information content (AvgIpc) is 3.16. The number of fused-ring (bicyclic) bond motifs is 2. The van der Waals surface area contributed by atoms with Crippen molar-refractivity contribution in [2.75, 3.05) is 13.2 Å². The first-order valence-corrected chi connectivity index (χ1v) is 12.7. The molecule has 1 unspecified atom stereocenters. The van der Waals surface area contributed by atoms with Crippen molar-refractivity contribution in [2.24, 2.45) is 0 Å². The summed E-state index contributed by atoms with van der Waals surface area (Å²) < 4.78 is 17.9. The highest BCUT2D eigenvalue weighted by Gasteiger charge is 2.43. The Labute approximate surface area is 216 Å². The van der Waals surface area contributed by atoms with Gasteiger partial charge in [0.2, 0.25) is 5.76 Å². The fourth-order valence-corrected chi connectivity index (χ4v) is 4.83. The van der Waals surface area contributed by atoms with Crippen LogP contribution in [-0.4, -0.2) is 24.0 Å². The molecule has 0 saturated carbocycles. The van der Waals surface area contributed by atoms with Crippen LogP contribution in [-0.2, 0) is 6.54 Å². The van der Waals surface area contributed by atoms with E-state index in [1.165, 1.54) is 0 Å². The Morgan fingerprint density at radius 3 is 2.35 bits per heavy atom. The molecule has 5 rings (SSSR count). The van der Waals surface area contributed by atoms with E-state index in [0.717, 1.165) is 28.7 Å². The van der Waals surface area contributed by atoms with Crippen LogP contribution in [0.15, 0.2) is 69.9 Å². The number of carbonyl (C=O) groups excluding carboxylic acids is 1. The van der Waals surface area contributed by atoms with Crippen molar-refractivity contribution in [1.82, 2.24) is 4.90 Å². The van der Waals surface area contributed by atoms with Crippen LogP contribution < -0.4 is 14.9 Å². The summed E-state index contributed by atoms with van der Waals surface area (Å²) in [4.78, 5) is 29.4. The smallest absolute Gasteiger partial charge is 0.291 e. The van der Waals surface area contributed by atoms with E-state index in [1.54, 1.807) is 11.0 Å². The Bertz CT molecular complexity index is 1520. The number of ether oxygens (including phenoxy) is 2. The monoisotopic (exact) mass is 497 g/mol. The summed E-state index contributed by atoms with van der Waals surface area (Å²) in [6.07, 6.45) is 0.871. The third-order valence-electron chi connectivity index (χ3n) is 6.64. The van der Waals surface area contributed by atoms with Gasteiger partial charge in [0.1, 0.15) is 5.58 Å². The third-order valence-corrected chi connectivity index (χ3v) is 6.64. The predicted octanol–water partition coefficient (Wildman–Crippen LogP) is 6.34. The molecule has 1 aliphatic heterocycles. The minimum atomic E-state index is -0.621. The summed E-state index contributed by atoms with van der Waals surface area (Å²) in [7, 11) is 0. The Hall–Kier alpha value is -4.06. The molecule has 190 valence electrons. The second kappa shape index (κ2) is 10.1. The molecule has 0 saturated heterocycles. The highest BCUT2D eigenvalue weighted by Crippen LogP contribution is 2.42. The number of carbonyl (C=O) groups is 1. The molecule has 0 N–H and O–H groups in total. The van der Waals surface area contributed by atoms with Gasteiger partial charge >= 0.3 is 0 Å². The van der Waals surface area contributed by atoms with Crippen molar-refractivity contribution in [3.05, 3.63) is 104 Å². The quantitative estimate of drug-likeness (QED) is 0.284. The molecule has 2 heterocycles. The lowest BCUT2D eigenvalue weighted by Gasteiger charge is -2.26. The van der Waals surface area contributed by atoms with Gasteiger partial charge in [0, 0.05) is 6.54 Å². The predicted molar refractivity (Wildman–Crippen MR) is 144 cm³/mol. The first-order chi connectivity index (χ1) is 17.9. The van der Waals surface area contributed by atoms with E-state index in [4.69, 9.17) is 13.9 Å². The van der Waals surface area contributed by atoms with Gasteiger partial charge in [0.25, 0.3) is 5.91 Å². The molecule has 1 atom stereocenters. The van der Waals surface area contributed by atoms with Crippen molar-refractivity contribution < 1.29 is 18.7 Å². The molecule has 0 aliphatic carbocycles. The summed E-state index contributed by atoms with van der Waals surface area (Å²) >= 11 is 0. The largest absolute Gasteiger partial charge is 0.490 e. The Morgan fingerprint density at radius 1 is 0.865 bits per heavy atom. The second-order valence-corrected chi connectivity index (χ2v) is 9.48. The summed E-state index contributed by atoms with van der Waals surface area (Å²) in [6.45, 7) is 9.28. The highest BCUT2D eigenvalue weighted by molar-refractivity contribution is 5.99. The van der Waals surface area contributed by atoms with E-state index in [0.29, 0.717) is 47.8 Å². The maximum absolute atomic E-state index is 13.9. The van der Waals surface area contributed by atoms with Gasteiger partial charge < -0.3 is 18.8 Å². The van der Waals surface area contributed by atoms with Crippen LogP contribution in [0.5, 0.6) is 11.5 Å². The maximum Gasteiger partial charge on any atom is 0.291 e. The molecule has 1 aromatic heterocycles. The van der Waals surface area contributed by atoms with E-state index in [9.17, 15) is 9.59 Å². The number of nitrogens with zero attached hydrogens (tertiary/aromatic N) is 1. The first-order valence-electron chi connectivity index (χ1n) is 12.7. The zero-order valence-electron chi connectivity index (χ0n) is 21.7. The van der Waals surface area contributed by atoms with Crippen molar-refractivity contribution in [2.45, 2.75) is 46.7 Å². The molecule has 37 heavy (non-hydrogen) atoms. The molecule has 1 aliphatic rings. The molecule has 6 nitrogen and oxygen atoms in total. The Balaban J connectivity index is 1.69. The van der Waals surface area contributed by atoms with Crippen LogP contribution in [0, 0.1) is 13.8 Å². The lowest BCUT2D eigenvalue weighted by atomic mass is 9.97. The van der Waals surface area contributed by atoms with Gasteiger partial charge in [-0.05, 0) is 62.6 Å². The number of amides is 1. The van der Waals surface area contributed by atoms with Gasteiger partial charge in [-0.3, -0.25) is 9.59 Å². The van der Waals surface area contributed by atoms with Gasteiger partial charge in [0.15, 0.2) is 16.9 Å². The highest BCUT2D eigenvalue weighted by atomic mass is 16.5. The lowest BCUT2D eigenvalue weighted by Crippen LogP contribution is -2.29. The van der Waals surface area contributed by atoms with Crippen LogP contribution in [0.3, 0.4) is 0 Å². The topological polar surface area (TPSA) is 69.0 Å². The number of hydrogen-bond acceptors (Lipinski definition) is 5. The Kier molecular flexibility index (Phi) is 6.74. The molecular weight excluding hydrogens is 466 g/mol. The van der Waals surface area contributed by atoms with E-state index in [-0.39, 0.29) is 17.1 Å². The maximum atomic E-state index is 13.9. The summed E-state index contributed by atoms with van der Waals surface area (Å²) in [5, 5.41) is 0.474. The molecular formula is C31H31NO5. The SMILES string of the molecule is CCCOc1ccc(C2c3c(oc4ccc(C)cc4c3=O)C(=O)N2Cc2ccc(C)cc2)cc1OCC. The normalized spacial score (nSPS) is 14.8. The third kappa shape index (κ3) is 4.59. The van der Waals surface area contributed by atoms with Crippen LogP contribution >= 0.6 is 0 Å². The fourth-order valence-electron chi connectivity index (χ4n) is 4.83. The van der Waals surface area contributed by atoms with E-state index in [1.807, 2.05) is 82.3 Å². The minimum Gasteiger partial charge on any atom is -0.490 e. The van der Waals surface area contributed by atoms with Gasteiger partial charge in [-0.1, -0.05) is 54.4 Å².